The van der Waals surface area contributed by atoms with Crippen LogP contribution in [0, 0.1) is 0 Å². The van der Waals surface area contributed by atoms with Crippen molar-refractivity contribution in [1.82, 2.24) is 24.8 Å². The van der Waals surface area contributed by atoms with Crippen LogP contribution >= 0.6 is 0 Å². The number of hydrogen-bond donors (Lipinski definition) is 1. The number of nitrogens with zero attached hydrogens (tertiary/aromatic N) is 4. The molecule has 0 bridgehead atoms. The predicted octanol–water partition coefficient (Wildman–Crippen LogP) is 2.52. The summed E-state index contributed by atoms with van der Waals surface area (Å²) >= 11 is 0. The highest BCUT2D eigenvalue weighted by molar-refractivity contribution is 5.74. The van der Waals surface area contributed by atoms with Crippen molar-refractivity contribution in [1.29, 1.82) is 0 Å². The zero-order valence-electron chi connectivity index (χ0n) is 13.8. The molecule has 0 radical (unpaired) electrons. The molecule has 0 aliphatic carbocycles. The van der Waals surface area contributed by atoms with E-state index in [0.29, 0.717) is 13.1 Å². The van der Waals surface area contributed by atoms with Gasteiger partial charge in [-0.15, -0.1) is 0 Å². The van der Waals surface area contributed by atoms with Crippen molar-refractivity contribution in [2.45, 2.75) is 25.9 Å². The van der Waals surface area contributed by atoms with Gasteiger partial charge in [-0.1, -0.05) is 6.07 Å². The molecule has 3 aromatic heterocycles. The minimum Gasteiger partial charge on any atom is -0.469 e. The van der Waals surface area contributed by atoms with E-state index >= 15 is 0 Å². The van der Waals surface area contributed by atoms with Crippen molar-refractivity contribution >= 4 is 6.03 Å². The summed E-state index contributed by atoms with van der Waals surface area (Å²) in [6, 6.07) is 5.75. The van der Waals surface area contributed by atoms with Crippen molar-refractivity contribution in [3.8, 4) is 5.82 Å². The molecule has 0 saturated carbocycles. The van der Waals surface area contributed by atoms with Crippen molar-refractivity contribution in [3.63, 3.8) is 0 Å². The van der Waals surface area contributed by atoms with Gasteiger partial charge >= 0.3 is 6.03 Å². The fourth-order valence-electron chi connectivity index (χ4n) is 2.97. The Morgan fingerprint density at radius 3 is 3.08 bits per heavy atom. The predicted molar refractivity (Wildman–Crippen MR) is 91.0 cm³/mol. The van der Waals surface area contributed by atoms with E-state index in [2.05, 4.69) is 15.3 Å². The number of carbonyl (C=O) groups is 1. The molecule has 2 amide bonds. The first-order valence-electron chi connectivity index (χ1n) is 8.31. The Hall–Kier alpha value is -3.09. The van der Waals surface area contributed by atoms with E-state index in [1.807, 2.05) is 33.9 Å². The van der Waals surface area contributed by atoms with E-state index in [-0.39, 0.29) is 6.03 Å². The maximum Gasteiger partial charge on any atom is 0.317 e. The summed E-state index contributed by atoms with van der Waals surface area (Å²) in [6.07, 6.45) is 10.5. The molecule has 0 saturated heterocycles. The van der Waals surface area contributed by atoms with Crippen LogP contribution in [0.3, 0.4) is 0 Å². The number of aromatic nitrogens is 3. The van der Waals surface area contributed by atoms with Gasteiger partial charge in [0.15, 0.2) is 0 Å². The first-order valence-corrected chi connectivity index (χ1v) is 8.31. The number of carbonyl (C=O) groups excluding carboxylic acids is 1. The van der Waals surface area contributed by atoms with Gasteiger partial charge in [0.1, 0.15) is 17.9 Å². The SMILES string of the molecule is O=C(NCc1ccc(-n2ccnc2)nc1)N1CCCc2occc2C1. The van der Waals surface area contributed by atoms with Gasteiger partial charge in [-0.25, -0.2) is 14.8 Å². The Kier molecular flexibility index (Phi) is 4.20. The zero-order chi connectivity index (χ0) is 17.1. The van der Waals surface area contributed by atoms with Crippen molar-refractivity contribution in [2.75, 3.05) is 6.54 Å². The van der Waals surface area contributed by atoms with Crippen LogP contribution in [0.1, 0.15) is 23.3 Å². The van der Waals surface area contributed by atoms with Crippen molar-refractivity contribution in [2.24, 2.45) is 0 Å². The average molecular weight is 337 g/mol. The lowest BCUT2D eigenvalue weighted by atomic mass is 10.2. The molecular formula is C18H19N5O2. The van der Waals surface area contributed by atoms with Crippen molar-refractivity contribution < 1.29 is 9.21 Å². The van der Waals surface area contributed by atoms with Crippen LogP contribution in [0.15, 0.2) is 53.8 Å². The Morgan fingerprint density at radius 2 is 2.28 bits per heavy atom. The number of pyridine rings is 1. The number of imidazole rings is 1. The third-order valence-corrected chi connectivity index (χ3v) is 4.34. The zero-order valence-corrected chi connectivity index (χ0v) is 13.8. The number of aryl methyl sites for hydroxylation is 1. The molecule has 1 N–H and O–H groups in total. The lowest BCUT2D eigenvalue weighted by Crippen LogP contribution is -2.39. The normalized spacial score (nSPS) is 14.0. The van der Waals surface area contributed by atoms with Gasteiger partial charge in [0.2, 0.25) is 0 Å². The van der Waals surface area contributed by atoms with Gasteiger partial charge in [0, 0.05) is 43.7 Å². The quantitative estimate of drug-likeness (QED) is 0.797. The number of fused-ring (bicyclic) bond motifs is 1. The molecule has 0 spiro atoms. The number of furan rings is 1. The van der Waals surface area contributed by atoms with E-state index in [9.17, 15) is 4.79 Å². The maximum absolute atomic E-state index is 12.5. The summed E-state index contributed by atoms with van der Waals surface area (Å²) < 4.78 is 7.30. The smallest absolute Gasteiger partial charge is 0.317 e. The molecule has 1 aliphatic rings. The highest BCUT2D eigenvalue weighted by atomic mass is 16.3. The first-order chi connectivity index (χ1) is 12.3. The summed E-state index contributed by atoms with van der Waals surface area (Å²) in [7, 11) is 0. The number of hydrogen-bond acceptors (Lipinski definition) is 4. The van der Waals surface area contributed by atoms with Crippen LogP contribution in [0.5, 0.6) is 0 Å². The number of rotatable bonds is 3. The topological polar surface area (TPSA) is 76.2 Å². The molecule has 25 heavy (non-hydrogen) atoms. The standard InChI is InChI=1S/C18H19N5O2/c24-18(22-7-1-2-16-15(12-22)5-9-25-16)21-11-14-3-4-17(20-10-14)23-8-6-19-13-23/h3-6,8-10,13H,1-2,7,11-12H2,(H,21,24). The average Bonchev–Trinajstić information content (AvgIpc) is 3.29. The monoisotopic (exact) mass is 337 g/mol. The third-order valence-electron chi connectivity index (χ3n) is 4.34. The minimum atomic E-state index is -0.0623. The molecule has 0 aromatic carbocycles. The number of urea groups is 1. The molecule has 0 atom stereocenters. The second kappa shape index (κ2) is 6.80. The molecule has 4 heterocycles. The molecule has 1 aliphatic heterocycles. The third kappa shape index (κ3) is 3.40. The fourth-order valence-corrected chi connectivity index (χ4v) is 2.97. The summed E-state index contributed by atoms with van der Waals surface area (Å²) in [5.41, 5.74) is 2.05. The second-order valence-corrected chi connectivity index (χ2v) is 6.05. The maximum atomic E-state index is 12.5. The Labute approximate surface area is 145 Å². The van der Waals surface area contributed by atoms with E-state index in [0.717, 1.165) is 42.1 Å². The van der Waals surface area contributed by atoms with Gasteiger partial charge in [-0.05, 0) is 24.1 Å². The molecular weight excluding hydrogens is 318 g/mol. The summed E-state index contributed by atoms with van der Waals surface area (Å²) in [5.74, 6) is 1.79. The van der Waals surface area contributed by atoms with Crippen molar-refractivity contribution in [3.05, 3.63) is 66.3 Å². The molecule has 0 fully saturated rings. The van der Waals surface area contributed by atoms with E-state index in [4.69, 9.17) is 4.42 Å². The fraction of sp³-hybridized carbons (Fsp3) is 0.278. The van der Waals surface area contributed by atoms with Crippen LogP contribution < -0.4 is 5.32 Å². The molecule has 3 aromatic rings. The van der Waals surface area contributed by atoms with E-state index < -0.39 is 0 Å². The minimum absolute atomic E-state index is 0.0623. The molecule has 4 rings (SSSR count). The Bertz CT molecular complexity index is 839. The summed E-state index contributed by atoms with van der Waals surface area (Å²) in [5, 5.41) is 2.97. The number of amides is 2. The van der Waals surface area contributed by atoms with Crippen LogP contribution in [0.2, 0.25) is 0 Å². The van der Waals surface area contributed by atoms with Crippen LogP contribution in [0.4, 0.5) is 4.79 Å². The van der Waals surface area contributed by atoms with Crippen LogP contribution in [-0.4, -0.2) is 32.0 Å². The molecule has 0 unspecified atom stereocenters. The van der Waals surface area contributed by atoms with Gasteiger partial charge < -0.3 is 14.6 Å². The van der Waals surface area contributed by atoms with Gasteiger partial charge in [0.05, 0.1) is 12.8 Å². The molecule has 7 heteroatoms. The van der Waals surface area contributed by atoms with Crippen LogP contribution in [-0.2, 0) is 19.5 Å². The van der Waals surface area contributed by atoms with Gasteiger partial charge in [-0.3, -0.25) is 4.57 Å². The molecule has 7 nitrogen and oxygen atoms in total. The first kappa shape index (κ1) is 15.4. The Morgan fingerprint density at radius 1 is 1.32 bits per heavy atom. The van der Waals surface area contributed by atoms with E-state index in [1.165, 1.54) is 0 Å². The Balaban J connectivity index is 1.35. The number of nitrogens with one attached hydrogen (secondary N) is 1. The largest absolute Gasteiger partial charge is 0.469 e. The van der Waals surface area contributed by atoms with Gasteiger partial charge in [-0.2, -0.15) is 0 Å². The van der Waals surface area contributed by atoms with Gasteiger partial charge in [0.25, 0.3) is 0 Å². The highest BCUT2D eigenvalue weighted by Crippen LogP contribution is 2.19. The lowest BCUT2D eigenvalue weighted by molar-refractivity contribution is 0.195. The summed E-state index contributed by atoms with van der Waals surface area (Å²) in [6.45, 7) is 1.77. The van der Waals surface area contributed by atoms with Crippen LogP contribution in [0.25, 0.3) is 5.82 Å². The summed E-state index contributed by atoms with van der Waals surface area (Å²) in [4.78, 5) is 22.7. The highest BCUT2D eigenvalue weighted by Gasteiger charge is 2.20. The lowest BCUT2D eigenvalue weighted by Gasteiger charge is -2.20. The second-order valence-electron chi connectivity index (χ2n) is 6.05. The van der Waals surface area contributed by atoms with E-state index in [1.54, 1.807) is 25.0 Å². The molecule has 128 valence electrons.